The zero-order valence-electron chi connectivity index (χ0n) is 16.2. The molecule has 4 rings (SSSR count). The Labute approximate surface area is 163 Å². The van der Waals surface area contributed by atoms with Crippen molar-refractivity contribution in [3.63, 3.8) is 0 Å². The molecule has 1 aliphatic carbocycles. The van der Waals surface area contributed by atoms with Crippen LogP contribution in [0.1, 0.15) is 71.9 Å². The smallest absolute Gasteiger partial charge is 0.257 e. The van der Waals surface area contributed by atoms with Gasteiger partial charge in [-0.15, -0.1) is 0 Å². The Hall–Kier alpha value is -2.41. The predicted molar refractivity (Wildman–Crippen MR) is 103 cm³/mol. The Balaban J connectivity index is 1.56. The number of amides is 1. The molecule has 2 aromatic rings. The summed E-state index contributed by atoms with van der Waals surface area (Å²) < 4.78 is 19.4. The number of benzene rings is 1. The molecule has 2 fully saturated rings. The molecule has 2 aliphatic rings. The van der Waals surface area contributed by atoms with E-state index < -0.39 is 0 Å². The zero-order valence-corrected chi connectivity index (χ0v) is 16.2. The molecule has 6 nitrogen and oxygen atoms in total. The maximum Gasteiger partial charge on any atom is 0.257 e. The van der Waals surface area contributed by atoms with E-state index in [1.54, 1.807) is 13.0 Å². The van der Waals surface area contributed by atoms with E-state index >= 15 is 0 Å². The first kappa shape index (κ1) is 18.9. The molecule has 0 radical (unpaired) electrons. The number of aromatic nitrogens is 1. The summed E-state index contributed by atoms with van der Waals surface area (Å²) in [5.74, 6) is 0.364. The van der Waals surface area contributed by atoms with E-state index in [0.717, 1.165) is 24.1 Å². The molecule has 1 amide bonds. The zero-order chi connectivity index (χ0) is 19.8. The van der Waals surface area contributed by atoms with Crippen LogP contribution in [0.15, 0.2) is 22.7 Å². The number of anilines is 1. The van der Waals surface area contributed by atoms with Crippen LogP contribution in [-0.2, 0) is 0 Å². The topological polar surface area (TPSA) is 78.6 Å². The minimum atomic E-state index is -0.383. The first-order valence-corrected chi connectivity index (χ1v) is 9.93. The highest BCUT2D eigenvalue weighted by atomic mass is 19.1. The molecule has 1 saturated carbocycles. The Morgan fingerprint density at radius 2 is 2.04 bits per heavy atom. The summed E-state index contributed by atoms with van der Waals surface area (Å²) >= 11 is 0. The minimum Gasteiger partial charge on any atom is -0.393 e. The van der Waals surface area contributed by atoms with Crippen molar-refractivity contribution < 1.29 is 18.8 Å². The first-order valence-electron chi connectivity index (χ1n) is 9.93. The molecule has 1 aromatic heterocycles. The lowest BCUT2D eigenvalue weighted by Gasteiger charge is -2.34. The number of nitrogens with one attached hydrogen (secondary N) is 1. The highest BCUT2D eigenvalue weighted by Crippen LogP contribution is 2.42. The van der Waals surface area contributed by atoms with E-state index in [9.17, 15) is 14.3 Å². The van der Waals surface area contributed by atoms with Gasteiger partial charge in [0.2, 0.25) is 0 Å². The second-order valence-electron chi connectivity index (χ2n) is 7.90. The van der Waals surface area contributed by atoms with Gasteiger partial charge in [-0.3, -0.25) is 4.79 Å². The number of aryl methyl sites for hydroxylation is 1. The summed E-state index contributed by atoms with van der Waals surface area (Å²) in [6.45, 7) is 5.03. The molecule has 1 unspecified atom stereocenters. The van der Waals surface area contributed by atoms with E-state index in [2.05, 4.69) is 15.4 Å². The molecule has 7 heteroatoms. The monoisotopic (exact) mass is 387 g/mol. The maximum absolute atomic E-state index is 14.0. The second kappa shape index (κ2) is 7.54. The fourth-order valence-corrected chi connectivity index (χ4v) is 3.90. The molecule has 28 heavy (non-hydrogen) atoms. The van der Waals surface area contributed by atoms with Crippen LogP contribution in [0.5, 0.6) is 0 Å². The van der Waals surface area contributed by atoms with Gasteiger partial charge in [0.25, 0.3) is 5.91 Å². The second-order valence-corrected chi connectivity index (χ2v) is 7.90. The van der Waals surface area contributed by atoms with E-state index in [4.69, 9.17) is 4.52 Å². The van der Waals surface area contributed by atoms with Gasteiger partial charge in [0.15, 0.2) is 5.76 Å². The third-order valence-corrected chi connectivity index (χ3v) is 5.67. The molecular formula is C21H26FN3O3. The highest BCUT2D eigenvalue weighted by molar-refractivity contribution is 5.96. The molecular weight excluding hydrogens is 361 g/mol. The van der Waals surface area contributed by atoms with E-state index in [-0.39, 0.29) is 29.8 Å². The summed E-state index contributed by atoms with van der Waals surface area (Å²) in [6, 6.07) is 4.29. The normalized spacial score (nSPS) is 18.9. The van der Waals surface area contributed by atoms with E-state index in [1.165, 1.54) is 12.1 Å². The van der Waals surface area contributed by atoms with Gasteiger partial charge in [0, 0.05) is 30.3 Å². The lowest BCUT2D eigenvalue weighted by atomic mass is 10.0. The van der Waals surface area contributed by atoms with Crippen molar-refractivity contribution in [1.29, 1.82) is 0 Å². The number of halogens is 1. The Kier molecular flexibility index (Phi) is 5.10. The lowest BCUT2D eigenvalue weighted by Crippen LogP contribution is -2.37. The Morgan fingerprint density at radius 1 is 1.32 bits per heavy atom. The molecule has 2 heterocycles. The molecule has 0 bridgehead atoms. The summed E-state index contributed by atoms with van der Waals surface area (Å²) in [6.07, 6.45) is 3.11. The lowest BCUT2D eigenvalue weighted by molar-refractivity contribution is 0.0937. The van der Waals surface area contributed by atoms with Crippen molar-refractivity contribution in [2.75, 3.05) is 18.0 Å². The number of rotatable bonds is 5. The van der Waals surface area contributed by atoms with Crippen molar-refractivity contribution in [3.8, 4) is 0 Å². The number of carbonyl (C=O) groups excluding carboxylic acids is 1. The number of aliphatic hydroxyl groups is 1. The number of hydrogen-bond acceptors (Lipinski definition) is 5. The van der Waals surface area contributed by atoms with Gasteiger partial charge >= 0.3 is 0 Å². The van der Waals surface area contributed by atoms with Crippen molar-refractivity contribution >= 4 is 11.6 Å². The number of hydrogen-bond donors (Lipinski definition) is 2. The number of aliphatic hydroxyl groups excluding tert-OH is 1. The van der Waals surface area contributed by atoms with Gasteiger partial charge in [0.1, 0.15) is 11.4 Å². The maximum atomic E-state index is 14.0. The van der Waals surface area contributed by atoms with Crippen LogP contribution < -0.4 is 10.2 Å². The fraction of sp³-hybridized carbons (Fsp3) is 0.524. The number of nitrogens with zero attached hydrogens (tertiary/aromatic N) is 2. The van der Waals surface area contributed by atoms with E-state index in [1.807, 2.05) is 6.92 Å². The largest absolute Gasteiger partial charge is 0.393 e. The number of carbonyl (C=O) groups is 1. The summed E-state index contributed by atoms with van der Waals surface area (Å²) in [7, 11) is 0. The van der Waals surface area contributed by atoms with Crippen LogP contribution >= 0.6 is 0 Å². The Morgan fingerprint density at radius 3 is 2.71 bits per heavy atom. The van der Waals surface area contributed by atoms with Crippen LogP contribution in [0, 0.1) is 12.7 Å². The number of piperidine rings is 1. The van der Waals surface area contributed by atoms with Crippen LogP contribution in [0.2, 0.25) is 0 Å². The molecule has 0 spiro atoms. The average Bonchev–Trinajstić information content (AvgIpc) is 3.44. The quantitative estimate of drug-likeness (QED) is 0.822. The molecule has 150 valence electrons. The molecule has 1 aliphatic heterocycles. The molecule has 2 N–H and O–H groups in total. The standard InChI is InChI=1S/C21H26FN3O3/c1-12(23-21(27)19-13(2)24-28-20(19)14-3-4-14)17-11-15(22)5-6-18(17)25-9-7-16(26)8-10-25/h5-6,11-12,14,16,26H,3-4,7-10H2,1-2H3,(H,23,27). The van der Waals surface area contributed by atoms with Gasteiger partial charge in [0.05, 0.1) is 17.8 Å². The predicted octanol–water partition coefficient (Wildman–Crippen LogP) is 3.45. The van der Waals surface area contributed by atoms with Gasteiger partial charge in [-0.1, -0.05) is 5.16 Å². The third kappa shape index (κ3) is 3.76. The molecule has 1 saturated heterocycles. The summed E-state index contributed by atoms with van der Waals surface area (Å²) in [4.78, 5) is 15.1. The van der Waals surface area contributed by atoms with Crippen molar-refractivity contribution in [3.05, 3.63) is 46.6 Å². The van der Waals surface area contributed by atoms with Crippen LogP contribution in [0.3, 0.4) is 0 Å². The molecule has 1 aromatic carbocycles. The van der Waals surface area contributed by atoms with E-state index in [0.29, 0.717) is 42.9 Å². The molecule has 1 atom stereocenters. The Bertz CT molecular complexity index is 870. The van der Waals surface area contributed by atoms with Gasteiger partial charge < -0.3 is 19.8 Å². The van der Waals surface area contributed by atoms with Crippen molar-refractivity contribution in [2.24, 2.45) is 0 Å². The minimum absolute atomic E-state index is 0.238. The van der Waals surface area contributed by atoms with Crippen LogP contribution in [0.4, 0.5) is 10.1 Å². The third-order valence-electron chi connectivity index (χ3n) is 5.67. The van der Waals surface area contributed by atoms with Gasteiger partial charge in [-0.05, 0) is 57.7 Å². The summed E-state index contributed by atoms with van der Waals surface area (Å²) in [5, 5.41) is 16.7. The first-order chi connectivity index (χ1) is 13.4. The SMILES string of the molecule is Cc1noc(C2CC2)c1C(=O)NC(C)c1cc(F)ccc1N1CCC(O)CC1. The highest BCUT2D eigenvalue weighted by Gasteiger charge is 2.34. The van der Waals surface area contributed by atoms with Crippen molar-refractivity contribution in [1.82, 2.24) is 10.5 Å². The summed E-state index contributed by atoms with van der Waals surface area (Å²) in [5.41, 5.74) is 2.71. The van der Waals surface area contributed by atoms with Crippen molar-refractivity contribution in [2.45, 2.75) is 57.6 Å². The average molecular weight is 387 g/mol. The van der Waals surface area contributed by atoms with Crippen LogP contribution in [0.25, 0.3) is 0 Å². The van der Waals surface area contributed by atoms with Gasteiger partial charge in [-0.2, -0.15) is 0 Å². The fourth-order valence-electron chi connectivity index (χ4n) is 3.90. The van der Waals surface area contributed by atoms with Crippen LogP contribution in [-0.4, -0.2) is 35.4 Å². The van der Waals surface area contributed by atoms with Gasteiger partial charge in [-0.25, -0.2) is 4.39 Å².